The summed E-state index contributed by atoms with van der Waals surface area (Å²) in [4.78, 5) is 2.17. The highest BCUT2D eigenvalue weighted by molar-refractivity contribution is 6.18. The van der Waals surface area contributed by atoms with Crippen LogP contribution >= 0.6 is 11.6 Å². The summed E-state index contributed by atoms with van der Waals surface area (Å²) in [6.07, 6.45) is -3.65. The van der Waals surface area contributed by atoms with Crippen LogP contribution in [0.25, 0.3) is 0 Å². The first-order valence-electron chi connectivity index (χ1n) is 5.98. The lowest BCUT2D eigenvalue weighted by Gasteiger charge is -2.37. The Bertz CT molecular complexity index is 241. The number of ether oxygens (including phenoxy) is 2. The zero-order valence-electron chi connectivity index (χ0n) is 10.4. The van der Waals surface area contributed by atoms with E-state index in [-0.39, 0.29) is 18.8 Å². The van der Waals surface area contributed by atoms with Crippen molar-refractivity contribution in [3.63, 3.8) is 0 Å². The minimum Gasteiger partial charge on any atom is -0.374 e. The lowest BCUT2D eigenvalue weighted by atomic mass is 10.2. The highest BCUT2D eigenvalue weighted by atomic mass is 35.5. The van der Waals surface area contributed by atoms with Gasteiger partial charge in [0.15, 0.2) is 0 Å². The molecule has 0 amide bonds. The summed E-state index contributed by atoms with van der Waals surface area (Å²) in [5.74, 6) is 0.438. The maximum atomic E-state index is 11.8. The second kappa shape index (κ2) is 7.53. The Kier molecular flexibility index (Phi) is 6.70. The summed E-state index contributed by atoms with van der Waals surface area (Å²) in [6, 6.07) is 0.270. The summed E-state index contributed by atoms with van der Waals surface area (Å²) < 4.78 is 45.5. The Morgan fingerprint density at radius 1 is 1.44 bits per heavy atom. The fourth-order valence-electron chi connectivity index (χ4n) is 1.84. The predicted molar refractivity (Wildman–Crippen MR) is 63.0 cm³/mol. The molecule has 18 heavy (non-hydrogen) atoms. The van der Waals surface area contributed by atoms with Crippen LogP contribution in [0.5, 0.6) is 0 Å². The second-order valence-electron chi connectivity index (χ2n) is 4.47. The average molecular weight is 290 g/mol. The molecule has 1 fully saturated rings. The maximum absolute atomic E-state index is 11.8. The third-order valence-corrected chi connectivity index (χ3v) is 3.15. The van der Waals surface area contributed by atoms with Crippen LogP contribution in [0.3, 0.4) is 0 Å². The van der Waals surface area contributed by atoms with E-state index in [1.165, 1.54) is 0 Å². The molecule has 0 N–H and O–H groups in total. The molecule has 1 aliphatic rings. The number of alkyl halides is 4. The molecule has 0 aromatic rings. The molecule has 0 aromatic carbocycles. The van der Waals surface area contributed by atoms with Crippen LogP contribution in [-0.4, -0.2) is 62.0 Å². The Morgan fingerprint density at radius 3 is 2.78 bits per heavy atom. The molecule has 108 valence electrons. The van der Waals surface area contributed by atoms with E-state index in [0.29, 0.717) is 25.5 Å². The van der Waals surface area contributed by atoms with Gasteiger partial charge in [0.2, 0.25) is 0 Å². The number of nitrogens with zero attached hydrogens (tertiary/aromatic N) is 1. The summed E-state index contributed by atoms with van der Waals surface area (Å²) >= 11 is 5.73. The minimum absolute atomic E-state index is 0.0129. The molecule has 7 heteroatoms. The van der Waals surface area contributed by atoms with Crippen molar-refractivity contribution < 1.29 is 22.6 Å². The molecular weight excluding hydrogens is 271 g/mol. The van der Waals surface area contributed by atoms with E-state index in [1.54, 1.807) is 0 Å². The average Bonchev–Trinajstić information content (AvgIpc) is 2.29. The van der Waals surface area contributed by atoms with Crippen molar-refractivity contribution in [2.45, 2.75) is 31.7 Å². The van der Waals surface area contributed by atoms with Gasteiger partial charge in [-0.05, 0) is 13.3 Å². The van der Waals surface area contributed by atoms with Gasteiger partial charge in [0.1, 0.15) is 6.61 Å². The van der Waals surface area contributed by atoms with Gasteiger partial charge in [-0.2, -0.15) is 13.2 Å². The summed E-state index contributed by atoms with van der Waals surface area (Å²) in [5.41, 5.74) is 0. The standard InChI is InChI=1S/C11H19ClF3NO2/c1-9-7-18-10(5-12)6-16(9)3-2-4-17-8-11(13,14)15/h9-10H,2-8H2,1H3. The van der Waals surface area contributed by atoms with Gasteiger partial charge in [-0.25, -0.2) is 0 Å². The van der Waals surface area contributed by atoms with Crippen LogP contribution in [0.2, 0.25) is 0 Å². The molecule has 1 saturated heterocycles. The first-order chi connectivity index (χ1) is 8.42. The zero-order valence-corrected chi connectivity index (χ0v) is 11.1. The van der Waals surface area contributed by atoms with E-state index in [0.717, 1.165) is 6.54 Å². The lowest BCUT2D eigenvalue weighted by molar-refractivity contribution is -0.174. The number of morpholine rings is 1. The van der Waals surface area contributed by atoms with Crippen molar-refractivity contribution in [2.24, 2.45) is 0 Å². The zero-order chi connectivity index (χ0) is 13.6. The summed E-state index contributed by atoms with van der Waals surface area (Å²) in [6.45, 7) is 3.02. The van der Waals surface area contributed by atoms with Crippen molar-refractivity contribution >= 4 is 11.6 Å². The molecule has 0 saturated carbocycles. The number of halogens is 4. The van der Waals surface area contributed by atoms with Crippen LogP contribution in [0.1, 0.15) is 13.3 Å². The lowest BCUT2D eigenvalue weighted by Crippen LogP contribution is -2.49. The van der Waals surface area contributed by atoms with E-state index in [2.05, 4.69) is 9.64 Å². The van der Waals surface area contributed by atoms with E-state index >= 15 is 0 Å². The molecule has 0 bridgehead atoms. The van der Waals surface area contributed by atoms with Gasteiger partial charge in [0, 0.05) is 31.6 Å². The fourth-order valence-corrected chi connectivity index (χ4v) is 2.02. The van der Waals surface area contributed by atoms with Gasteiger partial charge in [-0.3, -0.25) is 4.90 Å². The highest BCUT2D eigenvalue weighted by Crippen LogP contribution is 2.15. The third kappa shape index (κ3) is 6.22. The Hall–Kier alpha value is -0.0400. The van der Waals surface area contributed by atoms with Crippen molar-refractivity contribution in [1.29, 1.82) is 0 Å². The Balaban J connectivity index is 2.13. The smallest absolute Gasteiger partial charge is 0.374 e. The van der Waals surface area contributed by atoms with Crippen molar-refractivity contribution in [3.05, 3.63) is 0 Å². The van der Waals surface area contributed by atoms with Gasteiger partial charge in [0.25, 0.3) is 0 Å². The normalized spacial score (nSPS) is 26.5. The van der Waals surface area contributed by atoms with E-state index in [9.17, 15) is 13.2 Å². The first-order valence-corrected chi connectivity index (χ1v) is 6.52. The van der Waals surface area contributed by atoms with Gasteiger partial charge in [0.05, 0.1) is 12.7 Å². The monoisotopic (exact) mass is 289 g/mol. The highest BCUT2D eigenvalue weighted by Gasteiger charge is 2.28. The van der Waals surface area contributed by atoms with E-state index in [1.807, 2.05) is 6.92 Å². The topological polar surface area (TPSA) is 21.7 Å². The van der Waals surface area contributed by atoms with Crippen LogP contribution in [0, 0.1) is 0 Å². The molecule has 0 radical (unpaired) electrons. The molecular formula is C11H19ClF3NO2. The second-order valence-corrected chi connectivity index (χ2v) is 4.78. The van der Waals surface area contributed by atoms with Crippen molar-refractivity contribution in [3.8, 4) is 0 Å². The van der Waals surface area contributed by atoms with Crippen LogP contribution in [-0.2, 0) is 9.47 Å². The third-order valence-electron chi connectivity index (χ3n) is 2.81. The number of rotatable bonds is 6. The number of hydrogen-bond donors (Lipinski definition) is 0. The van der Waals surface area contributed by atoms with E-state index in [4.69, 9.17) is 16.3 Å². The van der Waals surface area contributed by atoms with Crippen molar-refractivity contribution in [2.75, 3.05) is 38.8 Å². The fraction of sp³-hybridized carbons (Fsp3) is 1.00. The molecule has 2 unspecified atom stereocenters. The van der Waals surface area contributed by atoms with Gasteiger partial charge in [-0.1, -0.05) is 0 Å². The molecule has 0 aromatic heterocycles. The van der Waals surface area contributed by atoms with Gasteiger partial charge < -0.3 is 9.47 Å². The van der Waals surface area contributed by atoms with Crippen LogP contribution in [0.15, 0.2) is 0 Å². The molecule has 1 aliphatic heterocycles. The van der Waals surface area contributed by atoms with Crippen LogP contribution < -0.4 is 0 Å². The van der Waals surface area contributed by atoms with Crippen LogP contribution in [0.4, 0.5) is 13.2 Å². The molecule has 2 atom stereocenters. The largest absolute Gasteiger partial charge is 0.411 e. The molecule has 1 heterocycles. The van der Waals surface area contributed by atoms with Crippen molar-refractivity contribution in [1.82, 2.24) is 4.90 Å². The predicted octanol–water partition coefficient (Wildman–Crippen LogP) is 2.28. The minimum atomic E-state index is -4.24. The number of hydrogen-bond acceptors (Lipinski definition) is 3. The molecule has 1 rings (SSSR count). The molecule has 3 nitrogen and oxygen atoms in total. The molecule has 0 aliphatic carbocycles. The van der Waals surface area contributed by atoms with E-state index < -0.39 is 12.8 Å². The Labute approximate surface area is 110 Å². The quantitative estimate of drug-likeness (QED) is 0.553. The Morgan fingerprint density at radius 2 is 2.17 bits per heavy atom. The van der Waals surface area contributed by atoms with Gasteiger partial charge >= 0.3 is 6.18 Å². The van der Waals surface area contributed by atoms with Gasteiger partial charge in [-0.15, -0.1) is 11.6 Å². The SMILES string of the molecule is CC1COC(CCl)CN1CCCOCC(F)(F)F. The summed E-state index contributed by atoms with van der Waals surface area (Å²) in [5, 5.41) is 0. The summed E-state index contributed by atoms with van der Waals surface area (Å²) in [7, 11) is 0. The molecule has 0 spiro atoms. The first kappa shape index (κ1) is 16.0. The maximum Gasteiger partial charge on any atom is 0.411 e.